The van der Waals surface area contributed by atoms with Gasteiger partial charge in [-0.15, -0.1) is 0 Å². The summed E-state index contributed by atoms with van der Waals surface area (Å²) < 4.78 is 5.32. The summed E-state index contributed by atoms with van der Waals surface area (Å²) in [5, 5.41) is 0. The van der Waals surface area contributed by atoms with Crippen LogP contribution in [0.2, 0.25) is 0 Å². The van der Waals surface area contributed by atoms with E-state index in [1.54, 1.807) is 4.90 Å². The quantitative estimate of drug-likeness (QED) is 0.533. The van der Waals surface area contributed by atoms with Gasteiger partial charge < -0.3 is 15.4 Å². The number of hydrogen-bond donors (Lipinski definition) is 2. The van der Waals surface area contributed by atoms with Crippen molar-refractivity contribution < 1.29 is 14.4 Å². The maximum absolute atomic E-state index is 12.5. The van der Waals surface area contributed by atoms with Crippen LogP contribution in [0.3, 0.4) is 0 Å². The number of nitrogens with one attached hydrogen (secondary N) is 1. The van der Waals surface area contributed by atoms with Crippen LogP contribution < -0.4 is 11.2 Å². The zero-order chi connectivity index (χ0) is 24.2. The van der Waals surface area contributed by atoms with Gasteiger partial charge in [0.1, 0.15) is 0 Å². The lowest BCUT2D eigenvalue weighted by molar-refractivity contribution is -0.141. The molecule has 3 N–H and O–H groups in total. The van der Waals surface area contributed by atoms with E-state index in [-0.39, 0.29) is 24.4 Å². The molecule has 1 aromatic heterocycles. The lowest BCUT2D eigenvalue weighted by Gasteiger charge is -2.28. The molecule has 1 fully saturated rings. The summed E-state index contributed by atoms with van der Waals surface area (Å²) >= 11 is 0. The number of morpholine rings is 1. The van der Waals surface area contributed by atoms with E-state index in [0.29, 0.717) is 32.7 Å². The van der Waals surface area contributed by atoms with Gasteiger partial charge in [-0.2, -0.15) is 0 Å². The molecular formula is C27H29N5O3. The van der Waals surface area contributed by atoms with Crippen molar-refractivity contribution in [2.24, 2.45) is 0 Å². The molecule has 8 nitrogen and oxygen atoms in total. The third-order valence-electron chi connectivity index (χ3n) is 6.42. The number of nitrogen functional groups attached to an aromatic ring is 1. The van der Waals surface area contributed by atoms with Crippen LogP contribution in [0.25, 0.3) is 16.8 Å². The van der Waals surface area contributed by atoms with E-state index >= 15 is 0 Å². The molecule has 0 saturated carbocycles. The Morgan fingerprint density at radius 2 is 1.86 bits per heavy atom. The summed E-state index contributed by atoms with van der Waals surface area (Å²) in [7, 11) is 0. The Balaban J connectivity index is 1.43. The van der Waals surface area contributed by atoms with E-state index in [4.69, 9.17) is 15.3 Å². The first-order valence-corrected chi connectivity index (χ1v) is 11.8. The Bertz CT molecular complexity index is 1240. The SMILES string of the molecule is Cc1nc(N)nc2c1C(NOCC(=O)N1CCOCC1)=CC(c1ccccc1-c1ccccc1)C2. The molecule has 1 amide bonds. The zero-order valence-corrected chi connectivity index (χ0v) is 19.7. The number of carbonyl (C=O) groups is 1. The molecule has 3 aromatic rings. The average Bonchev–Trinajstić information content (AvgIpc) is 2.89. The van der Waals surface area contributed by atoms with E-state index in [9.17, 15) is 4.79 Å². The summed E-state index contributed by atoms with van der Waals surface area (Å²) in [6.45, 7) is 4.10. The Labute approximate surface area is 204 Å². The summed E-state index contributed by atoms with van der Waals surface area (Å²) in [5.41, 5.74) is 15.8. The lowest BCUT2D eigenvalue weighted by Crippen LogP contribution is -2.43. The first-order chi connectivity index (χ1) is 17.1. The maximum Gasteiger partial charge on any atom is 0.251 e. The van der Waals surface area contributed by atoms with Crippen molar-refractivity contribution in [3.63, 3.8) is 0 Å². The van der Waals surface area contributed by atoms with Crippen molar-refractivity contribution in [3.05, 3.63) is 83.2 Å². The normalized spacial score (nSPS) is 17.5. The monoisotopic (exact) mass is 471 g/mol. The molecule has 2 aromatic carbocycles. The molecular weight excluding hydrogens is 442 g/mol. The number of anilines is 1. The van der Waals surface area contributed by atoms with Crippen LogP contribution in [0.4, 0.5) is 5.95 Å². The number of hydroxylamine groups is 1. The molecule has 0 bridgehead atoms. The third kappa shape index (κ3) is 5.03. The molecule has 8 heteroatoms. The summed E-state index contributed by atoms with van der Waals surface area (Å²) in [4.78, 5) is 28.9. The number of carbonyl (C=O) groups excluding carboxylic acids is 1. The van der Waals surface area contributed by atoms with Crippen LogP contribution in [0.1, 0.15) is 28.4 Å². The maximum atomic E-state index is 12.5. The summed E-state index contributed by atoms with van der Waals surface area (Å²) in [5.74, 6) is 0.211. The van der Waals surface area contributed by atoms with E-state index in [1.807, 2.05) is 25.1 Å². The Morgan fingerprint density at radius 1 is 1.11 bits per heavy atom. The molecule has 1 saturated heterocycles. The summed E-state index contributed by atoms with van der Waals surface area (Å²) in [6, 6.07) is 18.7. The fourth-order valence-corrected chi connectivity index (χ4v) is 4.77. The van der Waals surface area contributed by atoms with E-state index < -0.39 is 0 Å². The Hall–Kier alpha value is -3.75. The number of nitrogens with zero attached hydrogens (tertiary/aromatic N) is 3. The van der Waals surface area contributed by atoms with E-state index in [1.165, 1.54) is 11.1 Å². The van der Waals surface area contributed by atoms with Crippen LogP contribution in [0.5, 0.6) is 0 Å². The fraction of sp³-hybridized carbons (Fsp3) is 0.296. The van der Waals surface area contributed by atoms with Gasteiger partial charge in [0.05, 0.1) is 30.3 Å². The van der Waals surface area contributed by atoms with E-state index in [0.717, 1.165) is 28.2 Å². The second kappa shape index (κ2) is 10.2. The third-order valence-corrected chi connectivity index (χ3v) is 6.42. The molecule has 2 heterocycles. The Kier molecular flexibility index (Phi) is 6.74. The highest BCUT2D eigenvalue weighted by Gasteiger charge is 2.27. The largest absolute Gasteiger partial charge is 0.378 e. The minimum absolute atomic E-state index is 0.0358. The number of allylic oxidation sites excluding steroid dienone is 1. The molecule has 2 aliphatic rings. The minimum atomic E-state index is -0.0766. The van der Waals surface area contributed by atoms with Gasteiger partial charge in [-0.25, -0.2) is 9.97 Å². The number of amides is 1. The lowest BCUT2D eigenvalue weighted by atomic mass is 9.82. The second-order valence-corrected chi connectivity index (χ2v) is 8.72. The van der Waals surface area contributed by atoms with Crippen molar-refractivity contribution in [1.29, 1.82) is 0 Å². The van der Waals surface area contributed by atoms with Crippen LogP contribution in [0.15, 0.2) is 60.7 Å². The molecule has 0 radical (unpaired) electrons. The number of hydrogen-bond acceptors (Lipinski definition) is 7. The van der Waals surface area contributed by atoms with Gasteiger partial charge in [0, 0.05) is 31.0 Å². The van der Waals surface area contributed by atoms with Gasteiger partial charge in [-0.1, -0.05) is 60.7 Å². The number of benzene rings is 2. The van der Waals surface area contributed by atoms with Crippen LogP contribution in [-0.2, 0) is 20.8 Å². The number of aromatic nitrogens is 2. The molecule has 35 heavy (non-hydrogen) atoms. The van der Waals surface area contributed by atoms with Crippen molar-refractivity contribution in [1.82, 2.24) is 20.3 Å². The highest BCUT2D eigenvalue weighted by atomic mass is 16.6. The number of nitrogens with two attached hydrogens (primary N) is 1. The molecule has 1 atom stereocenters. The smallest absolute Gasteiger partial charge is 0.251 e. The molecule has 5 rings (SSSR count). The van der Waals surface area contributed by atoms with Gasteiger partial charge in [0.15, 0.2) is 6.61 Å². The van der Waals surface area contributed by atoms with Gasteiger partial charge in [0.2, 0.25) is 5.95 Å². The molecule has 0 spiro atoms. The standard InChI is InChI=1S/C27H29N5O3/c1-18-26-23(30-27(28)29-18)15-20(22-10-6-5-9-21(22)19-7-3-2-4-8-19)16-24(26)31-35-17-25(33)32-11-13-34-14-12-32/h2-10,16,20,31H,11-15,17H2,1H3,(H2,28,29,30). The van der Waals surface area contributed by atoms with Gasteiger partial charge in [-0.05, 0) is 23.6 Å². The first-order valence-electron chi connectivity index (χ1n) is 11.8. The Morgan fingerprint density at radius 3 is 2.66 bits per heavy atom. The van der Waals surface area contributed by atoms with Crippen molar-refractivity contribution >= 4 is 17.6 Å². The highest BCUT2D eigenvalue weighted by molar-refractivity contribution is 5.78. The first kappa shape index (κ1) is 23.0. The summed E-state index contributed by atoms with van der Waals surface area (Å²) in [6.07, 6.45) is 2.82. The molecule has 180 valence electrons. The molecule has 1 aliphatic heterocycles. The topological polar surface area (TPSA) is 103 Å². The number of fused-ring (bicyclic) bond motifs is 1. The van der Waals surface area contributed by atoms with Crippen LogP contribution in [0, 0.1) is 6.92 Å². The minimum Gasteiger partial charge on any atom is -0.378 e. The van der Waals surface area contributed by atoms with Gasteiger partial charge in [-0.3, -0.25) is 15.1 Å². The second-order valence-electron chi connectivity index (χ2n) is 8.72. The van der Waals surface area contributed by atoms with Crippen LogP contribution >= 0.6 is 0 Å². The molecule has 1 unspecified atom stereocenters. The van der Waals surface area contributed by atoms with Gasteiger partial charge in [0.25, 0.3) is 5.91 Å². The predicted octanol–water partition coefficient (Wildman–Crippen LogP) is 3.10. The van der Waals surface area contributed by atoms with Crippen molar-refractivity contribution in [2.45, 2.75) is 19.3 Å². The van der Waals surface area contributed by atoms with E-state index in [2.05, 4.69) is 57.9 Å². The number of ether oxygens (including phenoxy) is 1. The number of rotatable bonds is 6. The number of aryl methyl sites for hydroxylation is 1. The highest BCUT2D eigenvalue weighted by Crippen LogP contribution is 2.38. The van der Waals surface area contributed by atoms with Crippen molar-refractivity contribution in [3.8, 4) is 11.1 Å². The van der Waals surface area contributed by atoms with Crippen LogP contribution in [-0.4, -0.2) is 53.7 Å². The predicted molar refractivity (Wildman–Crippen MR) is 134 cm³/mol. The van der Waals surface area contributed by atoms with Crippen molar-refractivity contribution in [2.75, 3.05) is 38.6 Å². The zero-order valence-electron chi connectivity index (χ0n) is 19.7. The van der Waals surface area contributed by atoms with Gasteiger partial charge >= 0.3 is 0 Å². The fourth-order valence-electron chi connectivity index (χ4n) is 4.77. The average molecular weight is 472 g/mol. The molecule has 1 aliphatic carbocycles.